The summed E-state index contributed by atoms with van der Waals surface area (Å²) in [5, 5.41) is 8.94. The number of hydrogen-bond acceptors (Lipinski definition) is 4. The molecular formula is C9H9N5O. The van der Waals surface area contributed by atoms with E-state index in [1.165, 1.54) is 18.6 Å². The second kappa shape index (κ2) is 3.79. The predicted octanol–water partition coefficient (Wildman–Crippen LogP) is 0.639. The van der Waals surface area contributed by atoms with E-state index in [1.807, 2.05) is 0 Å². The van der Waals surface area contributed by atoms with Gasteiger partial charge in [-0.1, -0.05) is 0 Å². The van der Waals surface area contributed by atoms with E-state index in [0.717, 1.165) is 0 Å². The summed E-state index contributed by atoms with van der Waals surface area (Å²) in [5.41, 5.74) is 6.94. The maximum absolute atomic E-state index is 11.7. The molecule has 76 valence electrons. The Morgan fingerprint density at radius 3 is 3.00 bits per heavy atom. The smallest absolute Gasteiger partial charge is 0.257 e. The third-order valence-corrected chi connectivity index (χ3v) is 1.85. The highest BCUT2D eigenvalue weighted by Gasteiger charge is 2.09. The number of nitrogens with one attached hydrogen (secondary N) is 2. The van der Waals surface area contributed by atoms with Crippen molar-refractivity contribution in [2.24, 2.45) is 0 Å². The highest BCUT2D eigenvalue weighted by molar-refractivity contribution is 6.07. The van der Waals surface area contributed by atoms with Crippen LogP contribution in [0.5, 0.6) is 0 Å². The molecule has 0 spiro atoms. The molecule has 0 saturated carbocycles. The number of amides is 1. The van der Waals surface area contributed by atoms with Gasteiger partial charge in [-0.25, -0.2) is 0 Å². The van der Waals surface area contributed by atoms with Crippen molar-refractivity contribution in [1.82, 2.24) is 15.2 Å². The van der Waals surface area contributed by atoms with Crippen LogP contribution in [0.3, 0.4) is 0 Å². The molecule has 15 heavy (non-hydrogen) atoms. The van der Waals surface area contributed by atoms with Crippen LogP contribution in [-0.4, -0.2) is 21.1 Å². The van der Waals surface area contributed by atoms with Crippen molar-refractivity contribution < 1.29 is 4.79 Å². The van der Waals surface area contributed by atoms with Gasteiger partial charge >= 0.3 is 0 Å². The molecule has 0 aliphatic carbocycles. The number of pyridine rings is 1. The number of nitrogens with two attached hydrogens (primary N) is 1. The van der Waals surface area contributed by atoms with Gasteiger partial charge in [0.2, 0.25) is 0 Å². The van der Waals surface area contributed by atoms with Gasteiger partial charge < -0.3 is 11.1 Å². The molecule has 2 heterocycles. The average molecular weight is 203 g/mol. The summed E-state index contributed by atoms with van der Waals surface area (Å²) in [4.78, 5) is 15.5. The molecule has 2 aromatic heterocycles. The minimum atomic E-state index is -0.281. The molecule has 0 unspecified atom stereocenters. The monoisotopic (exact) mass is 203 g/mol. The van der Waals surface area contributed by atoms with Crippen molar-refractivity contribution in [2.75, 3.05) is 11.1 Å². The number of aromatic nitrogens is 3. The van der Waals surface area contributed by atoms with Gasteiger partial charge in [0.25, 0.3) is 5.91 Å². The van der Waals surface area contributed by atoms with Crippen molar-refractivity contribution in [1.29, 1.82) is 0 Å². The summed E-state index contributed by atoms with van der Waals surface area (Å²) in [6, 6.07) is 1.56. The quantitative estimate of drug-likeness (QED) is 0.667. The SMILES string of the molecule is Nc1cnccc1C(=O)Nc1cn[nH]c1. The zero-order chi connectivity index (χ0) is 10.7. The van der Waals surface area contributed by atoms with Crippen LogP contribution < -0.4 is 11.1 Å². The van der Waals surface area contributed by atoms with Crippen molar-refractivity contribution >= 4 is 17.3 Å². The Bertz CT molecular complexity index is 465. The zero-order valence-electron chi connectivity index (χ0n) is 7.77. The second-order valence-electron chi connectivity index (χ2n) is 2.90. The molecular weight excluding hydrogens is 194 g/mol. The lowest BCUT2D eigenvalue weighted by molar-refractivity contribution is 0.102. The Hall–Kier alpha value is -2.37. The lowest BCUT2D eigenvalue weighted by atomic mass is 10.2. The van der Waals surface area contributed by atoms with Crippen LogP contribution in [0.4, 0.5) is 11.4 Å². The third kappa shape index (κ3) is 1.93. The maximum atomic E-state index is 11.7. The second-order valence-corrected chi connectivity index (χ2v) is 2.90. The number of anilines is 2. The Morgan fingerprint density at radius 1 is 1.47 bits per heavy atom. The van der Waals surface area contributed by atoms with Crippen LogP contribution in [0, 0.1) is 0 Å². The minimum Gasteiger partial charge on any atom is -0.397 e. The van der Waals surface area contributed by atoms with Gasteiger partial charge in [0.15, 0.2) is 0 Å². The Morgan fingerprint density at radius 2 is 2.33 bits per heavy atom. The fourth-order valence-electron chi connectivity index (χ4n) is 1.13. The Kier molecular flexibility index (Phi) is 2.32. The average Bonchev–Trinajstić information content (AvgIpc) is 2.71. The van der Waals surface area contributed by atoms with Crippen molar-refractivity contribution in [3.05, 3.63) is 36.4 Å². The molecule has 0 aromatic carbocycles. The van der Waals surface area contributed by atoms with E-state index in [0.29, 0.717) is 16.9 Å². The lowest BCUT2D eigenvalue weighted by Crippen LogP contribution is -2.13. The molecule has 0 fully saturated rings. The van der Waals surface area contributed by atoms with E-state index in [9.17, 15) is 4.79 Å². The van der Waals surface area contributed by atoms with Crippen LogP contribution >= 0.6 is 0 Å². The first-order valence-electron chi connectivity index (χ1n) is 4.27. The summed E-state index contributed by atoms with van der Waals surface area (Å²) in [5.74, 6) is -0.281. The maximum Gasteiger partial charge on any atom is 0.257 e. The van der Waals surface area contributed by atoms with Crippen molar-refractivity contribution in [3.8, 4) is 0 Å². The molecule has 2 aromatic rings. The fourth-order valence-corrected chi connectivity index (χ4v) is 1.13. The van der Waals surface area contributed by atoms with E-state index in [4.69, 9.17) is 5.73 Å². The van der Waals surface area contributed by atoms with Gasteiger partial charge in [-0.05, 0) is 6.07 Å². The van der Waals surface area contributed by atoms with E-state index in [-0.39, 0.29) is 5.91 Å². The van der Waals surface area contributed by atoms with Gasteiger partial charge in [-0.15, -0.1) is 0 Å². The van der Waals surface area contributed by atoms with E-state index in [1.54, 1.807) is 12.3 Å². The molecule has 1 amide bonds. The highest BCUT2D eigenvalue weighted by Crippen LogP contribution is 2.11. The van der Waals surface area contributed by atoms with Crippen LogP contribution in [-0.2, 0) is 0 Å². The number of rotatable bonds is 2. The van der Waals surface area contributed by atoms with E-state index in [2.05, 4.69) is 20.5 Å². The normalized spacial score (nSPS) is 9.87. The molecule has 2 rings (SSSR count). The molecule has 6 nitrogen and oxygen atoms in total. The number of nitrogens with zero attached hydrogens (tertiary/aromatic N) is 2. The summed E-state index contributed by atoms with van der Waals surface area (Å²) in [7, 11) is 0. The van der Waals surface area contributed by atoms with Crippen LogP contribution in [0.25, 0.3) is 0 Å². The van der Waals surface area contributed by atoms with Crippen molar-refractivity contribution in [2.45, 2.75) is 0 Å². The molecule has 0 aliphatic rings. The molecule has 0 aliphatic heterocycles. The summed E-state index contributed by atoms with van der Waals surface area (Å²) >= 11 is 0. The first-order chi connectivity index (χ1) is 7.27. The molecule has 0 atom stereocenters. The molecule has 0 saturated heterocycles. The van der Waals surface area contributed by atoms with Crippen LogP contribution in [0.1, 0.15) is 10.4 Å². The fraction of sp³-hybridized carbons (Fsp3) is 0. The van der Waals surface area contributed by atoms with Gasteiger partial charge in [-0.3, -0.25) is 14.9 Å². The largest absolute Gasteiger partial charge is 0.397 e. The first-order valence-corrected chi connectivity index (χ1v) is 4.27. The van der Waals surface area contributed by atoms with Gasteiger partial charge in [0, 0.05) is 12.4 Å². The van der Waals surface area contributed by atoms with E-state index >= 15 is 0 Å². The van der Waals surface area contributed by atoms with Crippen molar-refractivity contribution in [3.63, 3.8) is 0 Å². The van der Waals surface area contributed by atoms with Gasteiger partial charge in [0.1, 0.15) is 0 Å². The lowest BCUT2D eigenvalue weighted by Gasteiger charge is -2.04. The molecule has 4 N–H and O–H groups in total. The van der Waals surface area contributed by atoms with Gasteiger partial charge in [0.05, 0.1) is 29.3 Å². The van der Waals surface area contributed by atoms with Gasteiger partial charge in [-0.2, -0.15) is 5.10 Å². The summed E-state index contributed by atoms with van der Waals surface area (Å²) in [6.45, 7) is 0. The number of hydrogen-bond donors (Lipinski definition) is 3. The number of aromatic amines is 1. The molecule has 6 heteroatoms. The third-order valence-electron chi connectivity index (χ3n) is 1.85. The molecule has 0 radical (unpaired) electrons. The molecule has 0 bridgehead atoms. The zero-order valence-corrected chi connectivity index (χ0v) is 7.77. The Balaban J connectivity index is 2.19. The summed E-state index contributed by atoms with van der Waals surface area (Å²) in [6.07, 6.45) is 6.04. The number of nitrogen functional groups attached to an aromatic ring is 1. The summed E-state index contributed by atoms with van der Waals surface area (Å²) < 4.78 is 0. The predicted molar refractivity (Wildman–Crippen MR) is 55.2 cm³/mol. The minimum absolute atomic E-state index is 0.281. The topological polar surface area (TPSA) is 96.7 Å². The van der Waals surface area contributed by atoms with Crippen LogP contribution in [0.15, 0.2) is 30.9 Å². The Labute approximate surface area is 85.5 Å². The highest BCUT2D eigenvalue weighted by atomic mass is 16.1. The van der Waals surface area contributed by atoms with Crippen LogP contribution in [0.2, 0.25) is 0 Å². The number of carbonyl (C=O) groups excluding carboxylic acids is 1. The first kappa shape index (κ1) is 9.20. The number of H-pyrrole nitrogens is 1. The van der Waals surface area contributed by atoms with E-state index < -0.39 is 0 Å². The standard InChI is InChI=1S/C9H9N5O/c10-8-5-11-2-1-7(8)9(15)14-6-3-12-13-4-6/h1-5H,10H2,(H,12,13)(H,14,15). The number of carbonyl (C=O) groups is 1.